The number of primary amides is 1. The number of para-hydroxylation sites is 1. The van der Waals surface area contributed by atoms with Gasteiger partial charge in [-0.15, -0.1) is 0 Å². The van der Waals surface area contributed by atoms with Crippen LogP contribution in [0.3, 0.4) is 0 Å². The van der Waals surface area contributed by atoms with Crippen LogP contribution in [-0.2, 0) is 4.79 Å². The van der Waals surface area contributed by atoms with Crippen LogP contribution in [-0.4, -0.2) is 34.9 Å². The monoisotopic (exact) mass is 292 g/mol. The first-order chi connectivity index (χ1) is 9.75. The van der Waals surface area contributed by atoms with Gasteiger partial charge in [-0.3, -0.25) is 9.59 Å². The number of carbonyl (C=O) groups excluding carboxylic acids is 2. The lowest BCUT2D eigenvalue weighted by molar-refractivity contribution is -0.141. The fourth-order valence-electron chi connectivity index (χ4n) is 2.33. The molecule has 0 aromatic heterocycles. The van der Waals surface area contributed by atoms with Crippen molar-refractivity contribution in [1.82, 2.24) is 4.90 Å². The summed E-state index contributed by atoms with van der Waals surface area (Å²) < 4.78 is 5.66. The molecule has 1 aromatic rings. The SMILES string of the molecule is CC(C)N(C(=O)[C@H](C)Oc1ccccc1C(N)=O)C(C)C. The van der Waals surface area contributed by atoms with Crippen molar-refractivity contribution in [2.75, 3.05) is 0 Å². The molecular formula is C16H24N2O3. The molecule has 2 amide bonds. The Morgan fingerprint density at radius 3 is 2.05 bits per heavy atom. The van der Waals surface area contributed by atoms with Crippen molar-refractivity contribution < 1.29 is 14.3 Å². The normalized spacial score (nSPS) is 12.3. The number of benzene rings is 1. The number of carbonyl (C=O) groups is 2. The van der Waals surface area contributed by atoms with Crippen LogP contribution in [0.25, 0.3) is 0 Å². The molecule has 0 aliphatic carbocycles. The second-order valence-electron chi connectivity index (χ2n) is 5.55. The molecule has 0 bridgehead atoms. The van der Waals surface area contributed by atoms with Crippen molar-refractivity contribution in [2.45, 2.75) is 52.8 Å². The van der Waals surface area contributed by atoms with Crippen LogP contribution in [0.2, 0.25) is 0 Å². The molecule has 5 nitrogen and oxygen atoms in total. The summed E-state index contributed by atoms with van der Waals surface area (Å²) in [7, 11) is 0. The van der Waals surface area contributed by atoms with Gasteiger partial charge in [-0.2, -0.15) is 0 Å². The predicted molar refractivity (Wildman–Crippen MR) is 82.2 cm³/mol. The number of ether oxygens (including phenoxy) is 1. The van der Waals surface area contributed by atoms with E-state index < -0.39 is 12.0 Å². The summed E-state index contributed by atoms with van der Waals surface area (Å²) >= 11 is 0. The zero-order valence-electron chi connectivity index (χ0n) is 13.3. The van der Waals surface area contributed by atoms with E-state index in [9.17, 15) is 9.59 Å². The van der Waals surface area contributed by atoms with Gasteiger partial charge >= 0.3 is 0 Å². The number of hydrogen-bond acceptors (Lipinski definition) is 3. The number of nitrogens with two attached hydrogens (primary N) is 1. The molecule has 2 N–H and O–H groups in total. The minimum Gasteiger partial charge on any atom is -0.480 e. The summed E-state index contributed by atoms with van der Waals surface area (Å²) in [4.78, 5) is 25.6. The molecule has 0 saturated heterocycles. The highest BCUT2D eigenvalue weighted by molar-refractivity contribution is 5.95. The molecule has 0 saturated carbocycles. The lowest BCUT2D eigenvalue weighted by Crippen LogP contribution is -2.48. The molecule has 0 aliphatic rings. The average molecular weight is 292 g/mol. The lowest BCUT2D eigenvalue weighted by atomic mass is 10.1. The Morgan fingerprint density at radius 1 is 1.05 bits per heavy atom. The highest BCUT2D eigenvalue weighted by atomic mass is 16.5. The van der Waals surface area contributed by atoms with Gasteiger partial charge in [-0.1, -0.05) is 12.1 Å². The van der Waals surface area contributed by atoms with E-state index in [4.69, 9.17) is 10.5 Å². The van der Waals surface area contributed by atoms with Crippen molar-refractivity contribution in [3.05, 3.63) is 29.8 Å². The quantitative estimate of drug-likeness (QED) is 0.873. The lowest BCUT2D eigenvalue weighted by Gasteiger charge is -2.33. The predicted octanol–water partition coefficient (Wildman–Crippen LogP) is 2.20. The van der Waals surface area contributed by atoms with Crippen LogP contribution in [0.5, 0.6) is 5.75 Å². The molecule has 0 heterocycles. The molecule has 1 aromatic carbocycles. The zero-order chi connectivity index (χ0) is 16.2. The van der Waals surface area contributed by atoms with E-state index >= 15 is 0 Å². The Morgan fingerprint density at radius 2 is 1.57 bits per heavy atom. The fourth-order valence-corrected chi connectivity index (χ4v) is 2.33. The third-order valence-electron chi connectivity index (χ3n) is 3.17. The van der Waals surface area contributed by atoms with Crippen LogP contribution >= 0.6 is 0 Å². The Kier molecular flexibility index (Phi) is 5.76. The number of amides is 2. The van der Waals surface area contributed by atoms with Crippen molar-refractivity contribution in [3.8, 4) is 5.75 Å². The fraction of sp³-hybridized carbons (Fsp3) is 0.500. The van der Waals surface area contributed by atoms with Crippen LogP contribution in [0.15, 0.2) is 24.3 Å². The molecule has 0 spiro atoms. The zero-order valence-corrected chi connectivity index (χ0v) is 13.3. The van der Waals surface area contributed by atoms with Crippen molar-refractivity contribution >= 4 is 11.8 Å². The smallest absolute Gasteiger partial charge is 0.263 e. The minimum absolute atomic E-state index is 0.0786. The van der Waals surface area contributed by atoms with Crippen LogP contribution in [0.1, 0.15) is 45.0 Å². The van der Waals surface area contributed by atoms with Crippen molar-refractivity contribution in [2.24, 2.45) is 5.73 Å². The van der Waals surface area contributed by atoms with Crippen LogP contribution < -0.4 is 10.5 Å². The minimum atomic E-state index is -0.685. The van der Waals surface area contributed by atoms with Crippen molar-refractivity contribution in [3.63, 3.8) is 0 Å². The first kappa shape index (κ1) is 17.0. The van der Waals surface area contributed by atoms with E-state index in [1.54, 1.807) is 36.1 Å². The second-order valence-corrected chi connectivity index (χ2v) is 5.55. The van der Waals surface area contributed by atoms with Gasteiger partial charge in [0.15, 0.2) is 6.10 Å². The molecule has 0 fully saturated rings. The molecule has 5 heteroatoms. The first-order valence-electron chi connectivity index (χ1n) is 7.13. The maximum Gasteiger partial charge on any atom is 0.263 e. The van der Waals surface area contributed by atoms with Gasteiger partial charge in [0.1, 0.15) is 5.75 Å². The summed E-state index contributed by atoms with van der Waals surface area (Å²) in [5, 5.41) is 0. The number of hydrogen-bond donors (Lipinski definition) is 1. The van der Waals surface area contributed by atoms with E-state index in [0.717, 1.165) is 0 Å². The van der Waals surface area contributed by atoms with E-state index in [-0.39, 0.29) is 23.6 Å². The Hall–Kier alpha value is -2.04. The summed E-state index contributed by atoms with van der Waals surface area (Å²) in [5.74, 6) is -0.354. The van der Waals surface area contributed by atoms with Gasteiger partial charge in [-0.25, -0.2) is 0 Å². The van der Waals surface area contributed by atoms with Gasteiger partial charge in [-0.05, 0) is 46.8 Å². The molecule has 116 valence electrons. The third-order valence-corrected chi connectivity index (χ3v) is 3.17. The Labute approximate surface area is 126 Å². The van der Waals surface area contributed by atoms with Gasteiger partial charge in [0.2, 0.25) is 0 Å². The molecule has 0 radical (unpaired) electrons. The highest BCUT2D eigenvalue weighted by Gasteiger charge is 2.27. The van der Waals surface area contributed by atoms with Gasteiger partial charge in [0.25, 0.3) is 11.8 Å². The van der Waals surface area contributed by atoms with Crippen molar-refractivity contribution in [1.29, 1.82) is 0 Å². The molecule has 21 heavy (non-hydrogen) atoms. The number of rotatable bonds is 6. The molecule has 0 aliphatic heterocycles. The summed E-state index contributed by atoms with van der Waals surface area (Å²) in [5.41, 5.74) is 5.58. The number of nitrogens with zero attached hydrogens (tertiary/aromatic N) is 1. The van der Waals surface area contributed by atoms with Gasteiger partial charge in [0.05, 0.1) is 5.56 Å². The molecule has 1 atom stereocenters. The standard InChI is InChI=1S/C16H24N2O3/c1-10(2)18(11(3)4)16(20)12(5)21-14-9-7-6-8-13(14)15(17)19/h6-12H,1-5H3,(H2,17,19)/t12-/m0/s1. The largest absolute Gasteiger partial charge is 0.480 e. The van der Waals surface area contributed by atoms with Gasteiger partial charge in [0, 0.05) is 12.1 Å². The topological polar surface area (TPSA) is 72.6 Å². The summed E-state index contributed by atoms with van der Waals surface area (Å²) in [6, 6.07) is 6.82. The van der Waals surface area contributed by atoms with Crippen LogP contribution in [0.4, 0.5) is 0 Å². The summed E-state index contributed by atoms with van der Waals surface area (Å²) in [6.07, 6.45) is -0.685. The Bertz CT molecular complexity index is 504. The van der Waals surface area contributed by atoms with Crippen LogP contribution in [0, 0.1) is 0 Å². The third kappa shape index (κ3) is 4.21. The second kappa shape index (κ2) is 7.11. The summed E-state index contributed by atoms with van der Waals surface area (Å²) in [6.45, 7) is 9.52. The van der Waals surface area contributed by atoms with Gasteiger partial charge < -0.3 is 15.4 Å². The van der Waals surface area contributed by atoms with E-state index in [2.05, 4.69) is 0 Å². The average Bonchev–Trinajstić information content (AvgIpc) is 2.37. The van der Waals surface area contributed by atoms with E-state index in [0.29, 0.717) is 5.75 Å². The van der Waals surface area contributed by atoms with E-state index in [1.165, 1.54) is 0 Å². The maximum absolute atomic E-state index is 12.5. The molecular weight excluding hydrogens is 268 g/mol. The molecule has 1 rings (SSSR count). The highest BCUT2D eigenvalue weighted by Crippen LogP contribution is 2.20. The molecule has 0 unspecified atom stereocenters. The first-order valence-corrected chi connectivity index (χ1v) is 7.13. The maximum atomic E-state index is 12.5. The van der Waals surface area contributed by atoms with E-state index in [1.807, 2.05) is 27.7 Å². The Balaban J connectivity index is 2.93.